The highest BCUT2D eigenvalue weighted by Gasteiger charge is 2.22. The van der Waals surface area contributed by atoms with E-state index in [1.54, 1.807) is 6.08 Å². The second-order valence-electron chi connectivity index (χ2n) is 5.75. The molecular weight excluding hydrogens is 288 g/mol. The van der Waals surface area contributed by atoms with Gasteiger partial charge in [-0.2, -0.15) is 0 Å². The molecule has 118 valence electrons. The van der Waals surface area contributed by atoms with Crippen molar-refractivity contribution >= 4 is 12.0 Å². The van der Waals surface area contributed by atoms with Gasteiger partial charge in [-0.1, -0.05) is 42.5 Å². The minimum Gasteiger partial charge on any atom is -0.489 e. The molecule has 1 fully saturated rings. The highest BCUT2D eigenvalue weighted by atomic mass is 16.5. The summed E-state index contributed by atoms with van der Waals surface area (Å²) in [6.07, 6.45) is 5.60. The van der Waals surface area contributed by atoms with Gasteiger partial charge in [0, 0.05) is 6.08 Å². The van der Waals surface area contributed by atoms with Crippen LogP contribution in [-0.2, 0) is 16.1 Å². The maximum atomic E-state index is 11.5. The number of rotatable bonds is 7. The van der Waals surface area contributed by atoms with E-state index in [0.717, 1.165) is 16.9 Å². The van der Waals surface area contributed by atoms with E-state index in [2.05, 4.69) is 0 Å². The third-order valence-corrected chi connectivity index (χ3v) is 3.70. The Morgan fingerprint density at radius 2 is 1.78 bits per heavy atom. The van der Waals surface area contributed by atoms with Crippen LogP contribution in [0.4, 0.5) is 0 Å². The van der Waals surface area contributed by atoms with E-state index in [-0.39, 0.29) is 5.97 Å². The summed E-state index contributed by atoms with van der Waals surface area (Å²) in [5.41, 5.74) is 2.08. The first-order valence-electron chi connectivity index (χ1n) is 7.91. The van der Waals surface area contributed by atoms with Crippen LogP contribution in [0.1, 0.15) is 24.0 Å². The van der Waals surface area contributed by atoms with Crippen molar-refractivity contribution in [2.75, 3.05) is 6.61 Å². The van der Waals surface area contributed by atoms with Crippen LogP contribution in [0.5, 0.6) is 5.75 Å². The molecule has 0 aliphatic heterocycles. The van der Waals surface area contributed by atoms with Crippen molar-refractivity contribution in [1.82, 2.24) is 0 Å². The van der Waals surface area contributed by atoms with Crippen molar-refractivity contribution in [2.45, 2.75) is 19.4 Å². The van der Waals surface area contributed by atoms with Crippen LogP contribution in [0, 0.1) is 5.92 Å². The van der Waals surface area contributed by atoms with Crippen molar-refractivity contribution in [1.29, 1.82) is 0 Å². The molecule has 0 heterocycles. The van der Waals surface area contributed by atoms with Crippen LogP contribution in [0.15, 0.2) is 60.7 Å². The first-order chi connectivity index (χ1) is 11.3. The Kier molecular flexibility index (Phi) is 5.09. The predicted octanol–water partition coefficient (Wildman–Crippen LogP) is 4.23. The maximum Gasteiger partial charge on any atom is 0.330 e. The van der Waals surface area contributed by atoms with Crippen molar-refractivity contribution in [2.24, 2.45) is 5.92 Å². The van der Waals surface area contributed by atoms with Gasteiger partial charge in [0.05, 0.1) is 6.61 Å². The summed E-state index contributed by atoms with van der Waals surface area (Å²) in [7, 11) is 0. The predicted molar refractivity (Wildman–Crippen MR) is 89.9 cm³/mol. The van der Waals surface area contributed by atoms with E-state index < -0.39 is 0 Å². The molecule has 0 amide bonds. The third kappa shape index (κ3) is 5.29. The Bertz CT molecular complexity index is 655. The first kappa shape index (κ1) is 15.3. The molecule has 3 heteroatoms. The summed E-state index contributed by atoms with van der Waals surface area (Å²) >= 11 is 0. The number of carbonyl (C=O) groups is 1. The molecule has 1 saturated carbocycles. The lowest BCUT2D eigenvalue weighted by atomic mass is 10.2. The van der Waals surface area contributed by atoms with Crippen LogP contribution < -0.4 is 4.74 Å². The third-order valence-electron chi connectivity index (χ3n) is 3.70. The fourth-order valence-corrected chi connectivity index (χ4v) is 2.11. The SMILES string of the molecule is O=C(C=Cc1ccc(OCc2ccccc2)cc1)OCC1CC1. The van der Waals surface area contributed by atoms with Gasteiger partial charge in [-0.15, -0.1) is 0 Å². The Morgan fingerprint density at radius 3 is 2.48 bits per heavy atom. The van der Waals surface area contributed by atoms with Crippen molar-refractivity contribution in [3.8, 4) is 5.75 Å². The standard InChI is InChI=1S/C20H20O3/c21-20(23-15-18-6-7-18)13-10-16-8-11-19(12-9-16)22-14-17-4-2-1-3-5-17/h1-5,8-13,18H,6-7,14-15H2. The van der Waals surface area contributed by atoms with Gasteiger partial charge in [0.15, 0.2) is 0 Å². The zero-order valence-electron chi connectivity index (χ0n) is 13.0. The number of carbonyl (C=O) groups excluding carboxylic acids is 1. The highest BCUT2D eigenvalue weighted by Crippen LogP contribution is 2.28. The molecule has 0 unspecified atom stereocenters. The van der Waals surface area contributed by atoms with Gasteiger partial charge in [-0.3, -0.25) is 0 Å². The molecule has 1 aliphatic rings. The van der Waals surface area contributed by atoms with Gasteiger partial charge in [-0.25, -0.2) is 4.79 Å². The van der Waals surface area contributed by atoms with Gasteiger partial charge in [-0.05, 0) is 48.1 Å². The molecule has 3 rings (SSSR count). The Hall–Kier alpha value is -2.55. The van der Waals surface area contributed by atoms with Crippen LogP contribution in [0.2, 0.25) is 0 Å². The number of benzene rings is 2. The molecule has 0 atom stereocenters. The molecule has 3 nitrogen and oxygen atoms in total. The summed E-state index contributed by atoms with van der Waals surface area (Å²) in [6, 6.07) is 17.7. The smallest absolute Gasteiger partial charge is 0.330 e. The lowest BCUT2D eigenvalue weighted by Crippen LogP contribution is -2.03. The van der Waals surface area contributed by atoms with E-state index in [1.807, 2.05) is 54.6 Å². The summed E-state index contributed by atoms with van der Waals surface area (Å²) in [6.45, 7) is 1.10. The van der Waals surface area contributed by atoms with E-state index in [1.165, 1.54) is 18.9 Å². The second kappa shape index (κ2) is 7.63. The molecule has 23 heavy (non-hydrogen) atoms. The molecule has 0 N–H and O–H groups in total. The number of hydrogen-bond acceptors (Lipinski definition) is 3. The Morgan fingerprint density at radius 1 is 1.04 bits per heavy atom. The van der Waals surface area contributed by atoms with Crippen molar-refractivity contribution in [3.05, 3.63) is 71.8 Å². The fourth-order valence-electron chi connectivity index (χ4n) is 2.11. The van der Waals surface area contributed by atoms with Gasteiger partial charge >= 0.3 is 5.97 Å². The average Bonchev–Trinajstić information content (AvgIpc) is 3.42. The zero-order chi connectivity index (χ0) is 15.9. The second-order valence-corrected chi connectivity index (χ2v) is 5.75. The van der Waals surface area contributed by atoms with Gasteiger partial charge < -0.3 is 9.47 Å². The molecule has 0 aromatic heterocycles. The zero-order valence-corrected chi connectivity index (χ0v) is 13.0. The minimum atomic E-state index is -0.277. The summed E-state index contributed by atoms with van der Waals surface area (Å²) < 4.78 is 10.9. The molecule has 2 aromatic rings. The van der Waals surface area contributed by atoms with Crippen LogP contribution in [-0.4, -0.2) is 12.6 Å². The minimum absolute atomic E-state index is 0.277. The first-order valence-corrected chi connectivity index (χ1v) is 7.91. The van der Waals surface area contributed by atoms with E-state index in [0.29, 0.717) is 19.1 Å². The Labute approximate surface area is 136 Å². The van der Waals surface area contributed by atoms with Crippen LogP contribution in [0.25, 0.3) is 6.08 Å². The fraction of sp³-hybridized carbons (Fsp3) is 0.250. The molecule has 2 aromatic carbocycles. The molecule has 0 radical (unpaired) electrons. The maximum absolute atomic E-state index is 11.5. The van der Waals surface area contributed by atoms with Crippen molar-refractivity contribution in [3.63, 3.8) is 0 Å². The molecule has 0 saturated heterocycles. The number of esters is 1. The van der Waals surface area contributed by atoms with Crippen molar-refractivity contribution < 1.29 is 14.3 Å². The Balaban J connectivity index is 1.47. The summed E-state index contributed by atoms with van der Waals surface area (Å²) in [5.74, 6) is 1.12. The molecule has 0 spiro atoms. The van der Waals surface area contributed by atoms with Gasteiger partial charge in [0.25, 0.3) is 0 Å². The molecular formula is C20H20O3. The number of ether oxygens (including phenoxy) is 2. The quantitative estimate of drug-likeness (QED) is 0.567. The highest BCUT2D eigenvalue weighted by molar-refractivity contribution is 5.87. The van der Waals surface area contributed by atoms with Gasteiger partial charge in [0.1, 0.15) is 12.4 Å². The van der Waals surface area contributed by atoms with E-state index >= 15 is 0 Å². The normalized spacial score (nSPS) is 13.9. The topological polar surface area (TPSA) is 35.5 Å². The monoisotopic (exact) mass is 308 g/mol. The number of hydrogen-bond donors (Lipinski definition) is 0. The summed E-state index contributed by atoms with van der Waals surface area (Å²) in [5, 5.41) is 0. The average molecular weight is 308 g/mol. The molecule has 1 aliphatic carbocycles. The van der Waals surface area contributed by atoms with Crippen LogP contribution >= 0.6 is 0 Å². The lowest BCUT2D eigenvalue weighted by molar-refractivity contribution is -0.138. The van der Waals surface area contributed by atoms with Gasteiger partial charge in [0.2, 0.25) is 0 Å². The van der Waals surface area contributed by atoms with Crippen LogP contribution in [0.3, 0.4) is 0 Å². The van der Waals surface area contributed by atoms with E-state index in [4.69, 9.17) is 9.47 Å². The lowest BCUT2D eigenvalue weighted by Gasteiger charge is -2.06. The van der Waals surface area contributed by atoms with E-state index in [9.17, 15) is 4.79 Å². The summed E-state index contributed by atoms with van der Waals surface area (Å²) in [4.78, 5) is 11.5. The molecule has 0 bridgehead atoms. The largest absolute Gasteiger partial charge is 0.489 e.